The first kappa shape index (κ1) is 13.7. The lowest BCUT2D eigenvalue weighted by molar-refractivity contribution is 0.195. The van der Waals surface area contributed by atoms with Gasteiger partial charge in [-0.1, -0.05) is 11.6 Å². The molecule has 1 amide bonds. The van der Waals surface area contributed by atoms with Crippen LogP contribution in [0.15, 0.2) is 6.07 Å². The first-order valence-electron chi connectivity index (χ1n) is 5.00. The van der Waals surface area contributed by atoms with Crippen LogP contribution in [0.5, 0.6) is 0 Å². The Bertz CT molecular complexity index is 458. The fraction of sp³-hybridized carbons (Fsp3) is 0.455. The van der Waals surface area contributed by atoms with Gasteiger partial charge in [0.05, 0.1) is 5.69 Å². The van der Waals surface area contributed by atoms with E-state index >= 15 is 0 Å². The molecule has 1 aromatic heterocycles. The highest BCUT2D eigenvalue weighted by Crippen LogP contribution is 2.30. The summed E-state index contributed by atoms with van der Waals surface area (Å²) in [5, 5.41) is 8.84. The maximum atomic E-state index is 13.8. The Balaban J connectivity index is 3.44. The van der Waals surface area contributed by atoms with E-state index in [1.807, 2.05) is 0 Å². The number of anilines is 1. The van der Waals surface area contributed by atoms with Crippen molar-refractivity contribution in [3.05, 3.63) is 22.7 Å². The average molecular weight is 261 g/mol. The van der Waals surface area contributed by atoms with Crippen LogP contribution in [0.2, 0.25) is 5.15 Å². The normalized spacial score (nSPS) is 11.4. The third-order valence-electron chi connectivity index (χ3n) is 2.13. The first-order chi connectivity index (χ1) is 7.64. The molecule has 0 aromatic carbocycles. The lowest BCUT2D eigenvalue weighted by Gasteiger charge is -2.33. The van der Waals surface area contributed by atoms with Crippen LogP contribution < -0.4 is 4.90 Å². The Morgan fingerprint density at radius 1 is 1.53 bits per heavy atom. The number of pyridine rings is 1. The van der Waals surface area contributed by atoms with Crippen molar-refractivity contribution in [3.8, 4) is 0 Å². The van der Waals surface area contributed by atoms with Crippen molar-refractivity contribution in [3.63, 3.8) is 0 Å². The summed E-state index contributed by atoms with van der Waals surface area (Å²) in [4.78, 5) is 15.9. The number of aromatic nitrogens is 1. The van der Waals surface area contributed by atoms with Gasteiger partial charge in [-0.3, -0.25) is 4.90 Å². The Kier molecular flexibility index (Phi) is 3.62. The molecule has 0 fully saturated rings. The van der Waals surface area contributed by atoms with Gasteiger partial charge in [0.2, 0.25) is 0 Å². The van der Waals surface area contributed by atoms with Crippen LogP contribution in [-0.2, 0) is 0 Å². The molecule has 0 aliphatic heterocycles. The van der Waals surface area contributed by atoms with E-state index in [4.69, 9.17) is 16.7 Å². The molecule has 0 radical (unpaired) electrons. The van der Waals surface area contributed by atoms with Gasteiger partial charge in [0, 0.05) is 11.2 Å². The van der Waals surface area contributed by atoms with E-state index in [2.05, 4.69) is 4.98 Å². The van der Waals surface area contributed by atoms with Crippen LogP contribution in [0.25, 0.3) is 0 Å². The van der Waals surface area contributed by atoms with Gasteiger partial charge >= 0.3 is 6.09 Å². The lowest BCUT2D eigenvalue weighted by Crippen LogP contribution is -2.45. The molecule has 94 valence electrons. The van der Waals surface area contributed by atoms with Crippen LogP contribution in [0.4, 0.5) is 14.9 Å². The van der Waals surface area contributed by atoms with Gasteiger partial charge in [0.25, 0.3) is 0 Å². The predicted octanol–water partition coefficient (Wildman–Crippen LogP) is 3.47. The Hall–Kier alpha value is -1.36. The number of halogens is 2. The maximum absolute atomic E-state index is 13.8. The van der Waals surface area contributed by atoms with E-state index in [1.165, 1.54) is 6.07 Å². The molecule has 6 heteroatoms. The molecular formula is C11H14ClFN2O2. The molecule has 1 N–H and O–H groups in total. The standard InChI is InChI=1S/C11H14ClFN2O2/c1-6-5-7(8(13)9(12)14-6)15(10(16)17)11(2,3)4/h5H,1-4H3,(H,16,17). The molecule has 4 nitrogen and oxygen atoms in total. The summed E-state index contributed by atoms with van der Waals surface area (Å²) in [6.07, 6.45) is -1.24. The van der Waals surface area contributed by atoms with Gasteiger partial charge in [0.1, 0.15) is 0 Å². The summed E-state index contributed by atoms with van der Waals surface area (Å²) < 4.78 is 13.8. The van der Waals surface area contributed by atoms with E-state index in [9.17, 15) is 9.18 Å². The van der Waals surface area contributed by atoms with Crippen LogP contribution in [0.1, 0.15) is 26.5 Å². The fourth-order valence-corrected chi connectivity index (χ4v) is 1.75. The molecule has 0 aliphatic carbocycles. The smallest absolute Gasteiger partial charge is 0.412 e. The third-order valence-corrected chi connectivity index (χ3v) is 2.38. The minimum atomic E-state index is -1.24. The van der Waals surface area contributed by atoms with E-state index in [-0.39, 0.29) is 10.8 Å². The molecule has 1 rings (SSSR count). The summed E-state index contributed by atoms with van der Waals surface area (Å²) in [5.41, 5.74) is -0.395. The monoisotopic (exact) mass is 260 g/mol. The van der Waals surface area contributed by atoms with Crippen molar-refractivity contribution in [1.82, 2.24) is 4.98 Å². The van der Waals surface area contributed by atoms with E-state index in [0.29, 0.717) is 5.69 Å². The van der Waals surface area contributed by atoms with Gasteiger partial charge in [-0.05, 0) is 33.8 Å². The Morgan fingerprint density at radius 2 is 2.06 bits per heavy atom. The average Bonchev–Trinajstić information content (AvgIpc) is 2.10. The Labute approximate surface area is 104 Å². The van der Waals surface area contributed by atoms with Crippen molar-refractivity contribution >= 4 is 23.4 Å². The van der Waals surface area contributed by atoms with Crippen molar-refractivity contribution in [1.29, 1.82) is 0 Å². The summed E-state index contributed by atoms with van der Waals surface area (Å²) in [6.45, 7) is 6.64. The highest BCUT2D eigenvalue weighted by atomic mass is 35.5. The molecule has 0 atom stereocenters. The van der Waals surface area contributed by atoms with E-state index in [1.54, 1.807) is 27.7 Å². The lowest BCUT2D eigenvalue weighted by atomic mass is 10.1. The van der Waals surface area contributed by atoms with E-state index < -0.39 is 17.4 Å². The van der Waals surface area contributed by atoms with Gasteiger partial charge in [-0.2, -0.15) is 0 Å². The second kappa shape index (κ2) is 4.49. The highest BCUT2D eigenvalue weighted by molar-refractivity contribution is 6.29. The molecule has 1 heterocycles. The zero-order valence-corrected chi connectivity index (χ0v) is 10.8. The SMILES string of the molecule is Cc1cc(N(C(=O)O)C(C)(C)C)c(F)c(Cl)n1. The van der Waals surface area contributed by atoms with Crippen molar-refractivity contribution in [2.24, 2.45) is 0 Å². The zero-order chi connectivity index (χ0) is 13.4. The molecule has 0 aliphatic rings. The topological polar surface area (TPSA) is 53.4 Å². The highest BCUT2D eigenvalue weighted by Gasteiger charge is 2.31. The number of carbonyl (C=O) groups is 1. The minimum absolute atomic E-state index is 0.0810. The molecule has 0 saturated heterocycles. The number of aryl methyl sites for hydroxylation is 1. The zero-order valence-electron chi connectivity index (χ0n) is 10.1. The van der Waals surface area contributed by atoms with Gasteiger partial charge in [-0.15, -0.1) is 0 Å². The second-order valence-electron chi connectivity index (χ2n) is 4.68. The minimum Gasteiger partial charge on any atom is -0.465 e. The van der Waals surface area contributed by atoms with Crippen molar-refractivity contribution < 1.29 is 14.3 Å². The molecule has 0 spiro atoms. The van der Waals surface area contributed by atoms with Crippen LogP contribution >= 0.6 is 11.6 Å². The van der Waals surface area contributed by atoms with Crippen LogP contribution in [-0.4, -0.2) is 21.7 Å². The summed E-state index contributed by atoms with van der Waals surface area (Å²) in [5.74, 6) is -0.824. The first-order valence-corrected chi connectivity index (χ1v) is 5.38. The molecule has 0 bridgehead atoms. The number of amides is 1. The number of hydrogen-bond donors (Lipinski definition) is 1. The molecule has 0 saturated carbocycles. The largest absolute Gasteiger partial charge is 0.465 e. The number of rotatable bonds is 1. The number of nitrogens with zero attached hydrogens (tertiary/aromatic N) is 2. The molecule has 1 aromatic rings. The molecular weight excluding hydrogens is 247 g/mol. The van der Waals surface area contributed by atoms with Gasteiger partial charge in [0.15, 0.2) is 11.0 Å². The summed E-state index contributed by atoms with van der Waals surface area (Å²) >= 11 is 5.61. The number of carboxylic acid groups (broad SMARTS) is 1. The second-order valence-corrected chi connectivity index (χ2v) is 5.03. The van der Waals surface area contributed by atoms with Crippen LogP contribution in [0.3, 0.4) is 0 Å². The van der Waals surface area contributed by atoms with Gasteiger partial charge in [-0.25, -0.2) is 14.2 Å². The van der Waals surface area contributed by atoms with E-state index in [0.717, 1.165) is 4.90 Å². The molecule has 0 unspecified atom stereocenters. The predicted molar refractivity (Wildman–Crippen MR) is 64.2 cm³/mol. The summed E-state index contributed by atoms with van der Waals surface area (Å²) in [6, 6.07) is 1.36. The van der Waals surface area contributed by atoms with Crippen molar-refractivity contribution in [2.45, 2.75) is 33.2 Å². The third kappa shape index (κ3) is 2.85. The maximum Gasteiger partial charge on any atom is 0.412 e. The van der Waals surface area contributed by atoms with Crippen LogP contribution in [0, 0.1) is 12.7 Å². The Morgan fingerprint density at radius 3 is 2.47 bits per heavy atom. The van der Waals surface area contributed by atoms with Gasteiger partial charge < -0.3 is 5.11 Å². The number of hydrogen-bond acceptors (Lipinski definition) is 2. The quantitative estimate of drug-likeness (QED) is 0.787. The van der Waals surface area contributed by atoms with Crippen molar-refractivity contribution in [2.75, 3.05) is 4.90 Å². The fourth-order valence-electron chi connectivity index (χ4n) is 1.52. The molecule has 17 heavy (non-hydrogen) atoms. The summed E-state index contributed by atoms with van der Waals surface area (Å²) in [7, 11) is 0.